The molecule has 0 aliphatic carbocycles. The zero-order valence-electron chi connectivity index (χ0n) is 30.2. The van der Waals surface area contributed by atoms with Crippen molar-refractivity contribution in [3.63, 3.8) is 0 Å². The number of aryl methyl sites for hydroxylation is 2. The van der Waals surface area contributed by atoms with E-state index in [9.17, 15) is 0 Å². The van der Waals surface area contributed by atoms with Crippen LogP contribution in [-0.2, 0) is 5.41 Å². The fraction of sp³-hybridized carbons (Fsp3) is 0.136. The summed E-state index contributed by atoms with van der Waals surface area (Å²) < 4.78 is 24.9. The van der Waals surface area contributed by atoms with Crippen molar-refractivity contribution in [2.45, 2.75) is 40.0 Å². The van der Waals surface area contributed by atoms with E-state index in [1.165, 1.54) is 0 Å². The maximum Gasteiger partial charge on any atom is 0.291 e. The topological polar surface area (TPSA) is 88.5 Å². The van der Waals surface area contributed by atoms with Gasteiger partial charge in [0.25, 0.3) is 6.71 Å². The van der Waals surface area contributed by atoms with Gasteiger partial charge < -0.3 is 18.9 Å². The highest BCUT2D eigenvalue weighted by atomic mass is 16.5. The van der Waals surface area contributed by atoms with Crippen LogP contribution in [0.3, 0.4) is 0 Å². The lowest BCUT2D eigenvalue weighted by molar-refractivity contribution is 0.448. The predicted molar refractivity (Wildman–Crippen MR) is 208 cm³/mol. The minimum atomic E-state index is -0.245. The monoisotopic (exact) mass is 696 g/mol. The summed E-state index contributed by atoms with van der Waals surface area (Å²) in [5.41, 5.74) is 8.13. The van der Waals surface area contributed by atoms with Crippen LogP contribution < -0.4 is 35.6 Å². The number of benzene rings is 4. The van der Waals surface area contributed by atoms with Crippen molar-refractivity contribution in [2.24, 2.45) is 0 Å². The molecule has 0 N–H and O–H groups in total. The van der Waals surface area contributed by atoms with E-state index in [4.69, 9.17) is 28.9 Å². The Labute approximate surface area is 309 Å². The summed E-state index contributed by atoms with van der Waals surface area (Å²) in [7, 11) is 0. The first-order valence-electron chi connectivity index (χ1n) is 17.5. The van der Waals surface area contributed by atoms with Crippen molar-refractivity contribution in [3.05, 3.63) is 151 Å². The van der Waals surface area contributed by atoms with Crippen molar-refractivity contribution < 1.29 is 18.9 Å². The zero-order chi connectivity index (χ0) is 36.5. The number of hydrogen-bond acceptors (Lipinski definition) is 8. The minimum Gasteiger partial charge on any atom is -0.457 e. The van der Waals surface area contributed by atoms with Crippen LogP contribution in [-0.4, -0.2) is 26.6 Å². The van der Waals surface area contributed by atoms with E-state index in [-0.39, 0.29) is 12.1 Å². The van der Waals surface area contributed by atoms with Gasteiger partial charge in [0.2, 0.25) is 11.8 Å². The average molecular weight is 697 g/mol. The van der Waals surface area contributed by atoms with E-state index in [0.29, 0.717) is 52.0 Å². The molecule has 0 saturated carbocycles. The molecule has 4 heterocycles. The summed E-state index contributed by atoms with van der Waals surface area (Å²) in [6.07, 6.45) is 7.34. The van der Waals surface area contributed by atoms with Crippen molar-refractivity contribution in [1.82, 2.24) is 19.9 Å². The Hall–Kier alpha value is -6.48. The lowest BCUT2D eigenvalue weighted by atomic mass is 9.42. The van der Waals surface area contributed by atoms with Crippen LogP contribution >= 0.6 is 0 Å². The van der Waals surface area contributed by atoms with E-state index >= 15 is 0 Å². The van der Waals surface area contributed by atoms with E-state index < -0.39 is 0 Å². The molecule has 0 saturated heterocycles. The van der Waals surface area contributed by atoms with Gasteiger partial charge in [0, 0.05) is 49.1 Å². The second-order valence-corrected chi connectivity index (χ2v) is 14.2. The molecule has 1 aliphatic heterocycles. The van der Waals surface area contributed by atoms with Gasteiger partial charge in [-0.3, -0.25) is 9.97 Å². The van der Waals surface area contributed by atoms with E-state index in [1.807, 2.05) is 111 Å². The number of aromatic nitrogens is 4. The highest BCUT2D eigenvalue weighted by molar-refractivity contribution is 6.98. The lowest BCUT2D eigenvalue weighted by Crippen LogP contribution is -2.52. The number of hydrogen-bond donors (Lipinski definition) is 0. The molecule has 3 aromatic heterocycles. The SMILES string of the molecule is Cc1ccnc(Oc2cccc(Oc3ccc4c(c3)B(c3ncc(C(C)(C)C)cn3)c3cc(Oc5cccc(Oc6cc(C)ccn6)c5)ccc3-4)c2)c1. The van der Waals surface area contributed by atoms with Gasteiger partial charge >= 0.3 is 0 Å². The van der Waals surface area contributed by atoms with Crippen LogP contribution in [0.15, 0.2) is 134 Å². The molecule has 0 spiro atoms. The lowest BCUT2D eigenvalue weighted by Gasteiger charge is -2.19. The van der Waals surface area contributed by atoms with Gasteiger partial charge in [0.15, 0.2) is 0 Å². The number of fused-ring (bicyclic) bond motifs is 3. The Morgan fingerprint density at radius 2 is 0.906 bits per heavy atom. The van der Waals surface area contributed by atoms with E-state index in [1.54, 1.807) is 12.4 Å². The van der Waals surface area contributed by atoms with Crippen molar-refractivity contribution in [2.75, 3.05) is 0 Å². The van der Waals surface area contributed by atoms with E-state index in [2.05, 4.69) is 55.0 Å². The Morgan fingerprint density at radius 1 is 0.472 bits per heavy atom. The summed E-state index contributed by atoms with van der Waals surface area (Å²) in [6, 6.07) is 35.1. The Morgan fingerprint density at radius 3 is 1.34 bits per heavy atom. The molecule has 7 aromatic rings. The third-order valence-corrected chi connectivity index (χ3v) is 9.06. The number of nitrogens with zero attached hydrogens (tertiary/aromatic N) is 4. The van der Waals surface area contributed by atoms with Gasteiger partial charge in [0.05, 0.1) is 5.72 Å². The zero-order valence-corrected chi connectivity index (χ0v) is 30.2. The Kier molecular flexibility index (Phi) is 8.84. The highest BCUT2D eigenvalue weighted by Gasteiger charge is 2.37. The maximum atomic E-state index is 6.43. The van der Waals surface area contributed by atoms with Crippen molar-refractivity contribution >= 4 is 23.4 Å². The predicted octanol–water partition coefficient (Wildman–Crippen LogP) is 8.85. The molecule has 0 amide bonds. The molecule has 0 unspecified atom stereocenters. The number of pyridine rings is 2. The molecular weight excluding hydrogens is 659 g/mol. The Balaban J connectivity index is 1.10. The fourth-order valence-electron chi connectivity index (χ4n) is 6.34. The number of rotatable bonds is 9. The Bertz CT molecular complexity index is 2300. The summed E-state index contributed by atoms with van der Waals surface area (Å²) in [5, 5.41) is 0. The molecule has 0 bridgehead atoms. The third-order valence-electron chi connectivity index (χ3n) is 9.06. The first-order valence-corrected chi connectivity index (χ1v) is 17.5. The van der Waals surface area contributed by atoms with Crippen LogP contribution in [0.4, 0.5) is 0 Å². The van der Waals surface area contributed by atoms with Gasteiger partial charge in [-0.1, -0.05) is 56.0 Å². The standard InChI is InChI=1S/C44H37BN4O4/c1-28-16-18-46-41(20-28)52-33-10-6-8-31(22-33)50-35-12-14-37-38-15-13-36(51-32-9-7-11-34(23-32)53-42-21-29(2)17-19-47-42)25-40(38)45(39(37)24-35)43-48-26-30(27-49-43)44(3,4)5/h6-27H,1-5H3. The van der Waals surface area contributed by atoms with Crippen molar-refractivity contribution in [1.29, 1.82) is 0 Å². The summed E-state index contributed by atoms with van der Waals surface area (Å²) in [6.45, 7) is 10.2. The minimum absolute atomic E-state index is 0.0760. The molecule has 4 aromatic carbocycles. The summed E-state index contributed by atoms with van der Waals surface area (Å²) >= 11 is 0. The summed E-state index contributed by atoms with van der Waals surface area (Å²) in [5.74, 6) is 5.00. The van der Waals surface area contributed by atoms with Crippen LogP contribution in [0.2, 0.25) is 0 Å². The summed E-state index contributed by atoms with van der Waals surface area (Å²) in [4.78, 5) is 18.5. The molecule has 8 rings (SSSR count). The third kappa shape index (κ3) is 7.46. The molecule has 9 heteroatoms. The van der Waals surface area contributed by atoms with Gasteiger partial charge in [0.1, 0.15) is 34.5 Å². The molecule has 0 fully saturated rings. The smallest absolute Gasteiger partial charge is 0.291 e. The van der Waals surface area contributed by atoms with Crippen molar-refractivity contribution in [3.8, 4) is 57.4 Å². The van der Waals surface area contributed by atoms with Crippen LogP contribution in [0.5, 0.6) is 46.3 Å². The first-order chi connectivity index (χ1) is 25.6. The fourth-order valence-corrected chi connectivity index (χ4v) is 6.34. The van der Waals surface area contributed by atoms with Gasteiger partial charge in [-0.25, -0.2) is 9.97 Å². The molecule has 260 valence electrons. The molecule has 0 atom stereocenters. The molecule has 1 aliphatic rings. The molecule has 0 radical (unpaired) electrons. The second kappa shape index (κ2) is 13.9. The van der Waals surface area contributed by atoms with Crippen LogP contribution in [0.1, 0.15) is 37.5 Å². The normalized spacial score (nSPS) is 11.8. The van der Waals surface area contributed by atoms with Crippen LogP contribution in [0.25, 0.3) is 11.1 Å². The second-order valence-electron chi connectivity index (χ2n) is 14.2. The van der Waals surface area contributed by atoms with Gasteiger partial charge in [-0.2, -0.15) is 0 Å². The molecular formula is C44H37BN4O4. The quantitative estimate of drug-likeness (QED) is 0.138. The molecule has 8 nitrogen and oxygen atoms in total. The maximum absolute atomic E-state index is 6.43. The first kappa shape index (κ1) is 33.7. The van der Waals surface area contributed by atoms with Crippen LogP contribution in [0, 0.1) is 13.8 Å². The largest absolute Gasteiger partial charge is 0.457 e. The van der Waals surface area contributed by atoms with Gasteiger partial charge in [-0.05, 0) is 108 Å². The van der Waals surface area contributed by atoms with Gasteiger partial charge in [-0.15, -0.1) is 0 Å². The molecule has 53 heavy (non-hydrogen) atoms. The number of ether oxygens (including phenoxy) is 4. The van der Waals surface area contributed by atoms with E-state index in [0.717, 1.165) is 38.7 Å². The highest BCUT2D eigenvalue weighted by Crippen LogP contribution is 2.33. The average Bonchev–Trinajstić information content (AvgIpc) is 3.44.